The molecular formula is C7H14O. The summed E-state index contributed by atoms with van der Waals surface area (Å²) in [4.78, 5) is 10.0. The van der Waals surface area contributed by atoms with Gasteiger partial charge >= 0.3 is 0 Å². The second-order valence-corrected chi connectivity index (χ2v) is 2.74. The van der Waals surface area contributed by atoms with Gasteiger partial charge in [-0.2, -0.15) is 0 Å². The maximum atomic E-state index is 10.0. The lowest BCUT2D eigenvalue weighted by atomic mass is 10.0. The summed E-state index contributed by atoms with van der Waals surface area (Å²) < 4.78 is 0. The first-order chi connectivity index (χ1) is 3.66. The summed E-state index contributed by atoms with van der Waals surface area (Å²) >= 11 is 0. The predicted molar refractivity (Wildman–Crippen MR) is 34.7 cm³/mol. The molecule has 1 nitrogen and oxygen atoms in total. The molecule has 0 amide bonds. The van der Waals surface area contributed by atoms with Crippen molar-refractivity contribution in [2.75, 3.05) is 0 Å². The van der Waals surface area contributed by atoms with Crippen molar-refractivity contribution in [3.05, 3.63) is 0 Å². The normalized spacial score (nSPS) is 14.0. The zero-order valence-corrected chi connectivity index (χ0v) is 5.85. The fraction of sp³-hybridized carbons (Fsp3) is 0.857. The van der Waals surface area contributed by atoms with E-state index in [0.717, 1.165) is 12.7 Å². The van der Waals surface area contributed by atoms with Crippen molar-refractivity contribution in [3.63, 3.8) is 0 Å². The number of carbonyl (C=O) groups is 1. The first kappa shape index (κ1) is 7.67. The fourth-order valence-electron chi connectivity index (χ4n) is 0.799. The lowest BCUT2D eigenvalue weighted by Gasteiger charge is -2.04. The number of rotatable bonds is 3. The molecule has 1 heteroatoms. The monoisotopic (exact) mass is 114 g/mol. The first-order valence-electron chi connectivity index (χ1n) is 3.12. The van der Waals surface area contributed by atoms with Crippen LogP contribution in [0.5, 0.6) is 0 Å². The van der Waals surface area contributed by atoms with E-state index in [1.54, 1.807) is 0 Å². The maximum absolute atomic E-state index is 10.0. The Morgan fingerprint density at radius 3 is 2.00 bits per heavy atom. The van der Waals surface area contributed by atoms with Gasteiger partial charge in [-0.05, 0) is 12.3 Å². The van der Waals surface area contributed by atoms with E-state index < -0.39 is 0 Å². The minimum absolute atomic E-state index is 0.245. The fourth-order valence-corrected chi connectivity index (χ4v) is 0.799. The molecule has 1 unspecified atom stereocenters. The molecular weight excluding hydrogens is 100 g/mol. The maximum Gasteiger partial charge on any atom is 0.122 e. The van der Waals surface area contributed by atoms with Gasteiger partial charge in [0, 0.05) is 5.92 Å². The highest BCUT2D eigenvalue weighted by Crippen LogP contribution is 2.07. The molecule has 0 saturated carbocycles. The molecule has 0 radical (unpaired) electrons. The van der Waals surface area contributed by atoms with Gasteiger partial charge in [0.05, 0.1) is 0 Å². The van der Waals surface area contributed by atoms with Gasteiger partial charge in [-0.3, -0.25) is 0 Å². The molecule has 0 aromatic carbocycles. The van der Waals surface area contributed by atoms with Gasteiger partial charge in [-0.25, -0.2) is 0 Å². The molecule has 0 aliphatic carbocycles. The Balaban J connectivity index is 3.23. The number of hydrogen-bond donors (Lipinski definition) is 0. The Hall–Kier alpha value is -0.330. The zero-order valence-electron chi connectivity index (χ0n) is 5.85. The zero-order chi connectivity index (χ0) is 6.57. The van der Waals surface area contributed by atoms with Crippen LogP contribution in [0.25, 0.3) is 0 Å². The summed E-state index contributed by atoms with van der Waals surface area (Å²) in [6.45, 7) is 6.20. The van der Waals surface area contributed by atoms with Crippen LogP contribution < -0.4 is 0 Å². The van der Waals surface area contributed by atoms with Gasteiger partial charge in [0.25, 0.3) is 0 Å². The third-order valence-corrected chi connectivity index (χ3v) is 1.08. The lowest BCUT2D eigenvalue weighted by Crippen LogP contribution is -1.99. The van der Waals surface area contributed by atoms with Gasteiger partial charge < -0.3 is 4.79 Å². The van der Waals surface area contributed by atoms with Crippen molar-refractivity contribution in [2.24, 2.45) is 11.8 Å². The molecule has 0 N–H and O–H groups in total. The van der Waals surface area contributed by atoms with Crippen LogP contribution in [0.15, 0.2) is 0 Å². The van der Waals surface area contributed by atoms with Crippen molar-refractivity contribution in [1.29, 1.82) is 0 Å². The Bertz CT molecular complexity index is 66.8. The molecule has 1 atom stereocenters. The van der Waals surface area contributed by atoms with Crippen molar-refractivity contribution in [3.8, 4) is 0 Å². The highest BCUT2D eigenvalue weighted by Gasteiger charge is 2.00. The van der Waals surface area contributed by atoms with Crippen molar-refractivity contribution in [2.45, 2.75) is 27.2 Å². The van der Waals surface area contributed by atoms with Gasteiger partial charge in [-0.15, -0.1) is 0 Å². The molecule has 48 valence electrons. The van der Waals surface area contributed by atoms with Gasteiger partial charge in [-0.1, -0.05) is 20.8 Å². The standard InChI is InChI=1S/C7H14O/c1-6(2)4-7(3)5-8/h5-7H,4H2,1-3H3. The Labute approximate surface area is 51.1 Å². The first-order valence-corrected chi connectivity index (χ1v) is 3.12. The van der Waals surface area contributed by atoms with Crippen molar-refractivity contribution in [1.82, 2.24) is 0 Å². The highest BCUT2D eigenvalue weighted by molar-refractivity contribution is 5.52. The molecule has 0 aliphatic rings. The second-order valence-electron chi connectivity index (χ2n) is 2.74. The SMILES string of the molecule is CC(C)CC(C)C=O. The minimum Gasteiger partial charge on any atom is -0.303 e. The third-order valence-electron chi connectivity index (χ3n) is 1.08. The van der Waals surface area contributed by atoms with Crippen LogP contribution >= 0.6 is 0 Å². The van der Waals surface area contributed by atoms with Crippen LogP contribution in [0.3, 0.4) is 0 Å². The van der Waals surface area contributed by atoms with E-state index in [9.17, 15) is 4.79 Å². The summed E-state index contributed by atoms with van der Waals surface area (Å²) in [5, 5.41) is 0. The summed E-state index contributed by atoms with van der Waals surface area (Å²) in [6.07, 6.45) is 2.03. The number of hydrogen-bond acceptors (Lipinski definition) is 1. The number of carbonyl (C=O) groups excluding carboxylic acids is 1. The van der Waals surface area contributed by atoms with Crippen LogP contribution in [-0.4, -0.2) is 6.29 Å². The molecule has 0 rings (SSSR count). The molecule has 0 aromatic rings. The van der Waals surface area contributed by atoms with E-state index in [1.165, 1.54) is 0 Å². The number of aldehydes is 1. The molecule has 0 aliphatic heterocycles. The van der Waals surface area contributed by atoms with Crippen LogP contribution in [0, 0.1) is 11.8 Å². The largest absolute Gasteiger partial charge is 0.303 e. The van der Waals surface area contributed by atoms with Crippen LogP contribution in [0.2, 0.25) is 0 Å². The van der Waals surface area contributed by atoms with Gasteiger partial charge in [0.1, 0.15) is 6.29 Å². The minimum atomic E-state index is 0.245. The van der Waals surface area contributed by atoms with Gasteiger partial charge in [0.15, 0.2) is 0 Å². The molecule has 0 aromatic heterocycles. The van der Waals surface area contributed by atoms with Crippen molar-refractivity contribution >= 4 is 6.29 Å². The third kappa shape index (κ3) is 3.85. The molecule has 0 bridgehead atoms. The summed E-state index contributed by atoms with van der Waals surface area (Å²) in [7, 11) is 0. The van der Waals surface area contributed by atoms with E-state index in [0.29, 0.717) is 5.92 Å². The van der Waals surface area contributed by atoms with Crippen molar-refractivity contribution < 1.29 is 4.79 Å². The topological polar surface area (TPSA) is 17.1 Å². The summed E-state index contributed by atoms with van der Waals surface area (Å²) in [6, 6.07) is 0. The average molecular weight is 114 g/mol. The molecule has 0 saturated heterocycles. The Kier molecular flexibility index (Phi) is 3.49. The Morgan fingerprint density at radius 1 is 1.38 bits per heavy atom. The van der Waals surface area contributed by atoms with E-state index in [4.69, 9.17) is 0 Å². The lowest BCUT2D eigenvalue weighted by molar-refractivity contribution is -0.111. The Morgan fingerprint density at radius 2 is 1.88 bits per heavy atom. The quantitative estimate of drug-likeness (QED) is 0.512. The van der Waals surface area contributed by atoms with E-state index in [2.05, 4.69) is 13.8 Å². The molecule has 0 heterocycles. The summed E-state index contributed by atoms with van der Waals surface area (Å²) in [5.74, 6) is 0.894. The second kappa shape index (κ2) is 3.65. The highest BCUT2D eigenvalue weighted by atomic mass is 16.1. The smallest absolute Gasteiger partial charge is 0.122 e. The van der Waals surface area contributed by atoms with E-state index >= 15 is 0 Å². The molecule has 8 heavy (non-hydrogen) atoms. The average Bonchev–Trinajstić information content (AvgIpc) is 1.65. The molecule has 0 spiro atoms. The van der Waals surface area contributed by atoms with E-state index in [-0.39, 0.29) is 5.92 Å². The molecule has 0 fully saturated rings. The van der Waals surface area contributed by atoms with Crippen LogP contribution in [0.4, 0.5) is 0 Å². The van der Waals surface area contributed by atoms with E-state index in [1.807, 2.05) is 6.92 Å². The summed E-state index contributed by atoms with van der Waals surface area (Å²) in [5.41, 5.74) is 0. The van der Waals surface area contributed by atoms with Gasteiger partial charge in [0.2, 0.25) is 0 Å². The van der Waals surface area contributed by atoms with Crippen LogP contribution in [0.1, 0.15) is 27.2 Å². The van der Waals surface area contributed by atoms with Crippen LogP contribution in [-0.2, 0) is 4.79 Å². The predicted octanol–water partition coefficient (Wildman–Crippen LogP) is 1.87.